The molecule has 0 radical (unpaired) electrons. The van der Waals surface area contributed by atoms with Crippen LogP contribution < -0.4 is 15.5 Å². The van der Waals surface area contributed by atoms with Gasteiger partial charge in [0.15, 0.2) is 0 Å². The molecule has 2 amide bonds. The Labute approximate surface area is 169 Å². The molecule has 0 spiro atoms. The zero-order valence-electron chi connectivity index (χ0n) is 16.5. The summed E-state index contributed by atoms with van der Waals surface area (Å²) in [5, 5.41) is 5.59. The van der Waals surface area contributed by atoms with Crippen molar-refractivity contribution >= 4 is 17.4 Å². The molecule has 1 aliphatic heterocycles. The highest BCUT2D eigenvalue weighted by molar-refractivity contribution is 5.90. The Morgan fingerprint density at radius 2 is 1.83 bits per heavy atom. The van der Waals surface area contributed by atoms with Crippen molar-refractivity contribution in [3.63, 3.8) is 0 Å². The van der Waals surface area contributed by atoms with Crippen LogP contribution >= 0.6 is 0 Å². The molecule has 5 nitrogen and oxygen atoms in total. The summed E-state index contributed by atoms with van der Waals surface area (Å²) in [5.41, 5.74) is 1.05. The lowest BCUT2D eigenvalue weighted by Gasteiger charge is -2.37. The van der Waals surface area contributed by atoms with Crippen molar-refractivity contribution in [2.24, 2.45) is 0 Å². The lowest BCUT2D eigenvalue weighted by molar-refractivity contribution is -0.00539. The van der Waals surface area contributed by atoms with Gasteiger partial charge in [0, 0.05) is 18.8 Å². The fourth-order valence-corrected chi connectivity index (χ4v) is 3.99. The van der Waals surface area contributed by atoms with Crippen molar-refractivity contribution in [3.05, 3.63) is 59.7 Å². The van der Waals surface area contributed by atoms with Gasteiger partial charge in [-0.15, -0.1) is 0 Å². The molecule has 2 aliphatic rings. The predicted octanol–water partition coefficient (Wildman–Crippen LogP) is 4.39. The largest absolute Gasteiger partial charge is 0.372 e. The number of nitrogens with one attached hydrogen (secondary N) is 2. The molecule has 2 N–H and O–H groups in total. The van der Waals surface area contributed by atoms with Crippen LogP contribution in [0.15, 0.2) is 42.5 Å². The number of anilines is 2. The lowest BCUT2D eigenvalue weighted by atomic mass is 10.1. The number of halogens is 2. The number of carbonyl (C=O) groups excluding carboxylic acids is 1. The van der Waals surface area contributed by atoms with Gasteiger partial charge in [0.05, 0.1) is 23.4 Å². The van der Waals surface area contributed by atoms with Gasteiger partial charge in [-0.05, 0) is 62.6 Å². The van der Waals surface area contributed by atoms with Crippen LogP contribution in [0.1, 0.15) is 32.3 Å². The second-order valence-corrected chi connectivity index (χ2v) is 8.00. The minimum Gasteiger partial charge on any atom is -0.372 e. The topological polar surface area (TPSA) is 53.6 Å². The molecular formula is C22H25F2N3O2. The average Bonchev–Trinajstić information content (AvgIpc) is 3.41. The fourth-order valence-electron chi connectivity index (χ4n) is 3.99. The fraction of sp³-hybridized carbons (Fsp3) is 0.409. The van der Waals surface area contributed by atoms with Crippen molar-refractivity contribution in [1.29, 1.82) is 0 Å². The molecule has 1 saturated heterocycles. The quantitative estimate of drug-likeness (QED) is 0.799. The summed E-state index contributed by atoms with van der Waals surface area (Å²) in [4.78, 5) is 14.4. The molecule has 2 atom stereocenters. The van der Waals surface area contributed by atoms with Gasteiger partial charge in [0.2, 0.25) is 0 Å². The van der Waals surface area contributed by atoms with Crippen LogP contribution in [-0.2, 0) is 10.3 Å². The molecule has 1 aliphatic carbocycles. The molecule has 4 rings (SSSR count). The van der Waals surface area contributed by atoms with Crippen molar-refractivity contribution in [2.45, 2.75) is 44.4 Å². The van der Waals surface area contributed by atoms with Gasteiger partial charge in [-0.25, -0.2) is 13.6 Å². The van der Waals surface area contributed by atoms with E-state index in [1.165, 1.54) is 18.2 Å². The zero-order valence-corrected chi connectivity index (χ0v) is 16.5. The van der Waals surface area contributed by atoms with E-state index in [-0.39, 0.29) is 18.0 Å². The molecule has 7 heteroatoms. The third kappa shape index (κ3) is 4.34. The molecule has 0 bridgehead atoms. The van der Waals surface area contributed by atoms with Crippen LogP contribution in [0.25, 0.3) is 0 Å². The molecule has 154 valence electrons. The maximum absolute atomic E-state index is 14.7. The molecule has 0 aromatic heterocycles. The molecule has 2 aromatic carbocycles. The highest BCUT2D eigenvalue weighted by Gasteiger charge is 2.45. The summed E-state index contributed by atoms with van der Waals surface area (Å²) in [6.07, 6.45) is 1.54. The second kappa shape index (κ2) is 7.63. The predicted molar refractivity (Wildman–Crippen MR) is 108 cm³/mol. The number of ether oxygens (including phenoxy) is 1. The minimum atomic E-state index is -0.551. The monoisotopic (exact) mass is 401 g/mol. The third-order valence-corrected chi connectivity index (χ3v) is 5.45. The first-order valence-corrected chi connectivity index (χ1v) is 9.90. The van der Waals surface area contributed by atoms with Crippen LogP contribution in [0.3, 0.4) is 0 Å². The number of nitrogens with zero attached hydrogens (tertiary/aromatic N) is 1. The van der Waals surface area contributed by atoms with E-state index in [0.717, 1.165) is 18.4 Å². The van der Waals surface area contributed by atoms with Crippen molar-refractivity contribution in [3.8, 4) is 0 Å². The number of morpholine rings is 1. The highest BCUT2D eigenvalue weighted by Crippen LogP contribution is 2.45. The summed E-state index contributed by atoms with van der Waals surface area (Å²) in [5.74, 6) is -0.726. The van der Waals surface area contributed by atoms with Gasteiger partial charge < -0.3 is 20.3 Å². The van der Waals surface area contributed by atoms with Crippen molar-refractivity contribution in [1.82, 2.24) is 5.32 Å². The Morgan fingerprint density at radius 3 is 2.45 bits per heavy atom. The normalized spacial score (nSPS) is 22.8. The minimum absolute atomic E-state index is 0.0271. The van der Waals surface area contributed by atoms with Crippen LogP contribution in [0.5, 0.6) is 0 Å². The van der Waals surface area contributed by atoms with E-state index >= 15 is 0 Å². The first-order chi connectivity index (χ1) is 13.8. The lowest BCUT2D eigenvalue weighted by Crippen LogP contribution is -2.45. The molecule has 2 aromatic rings. The Morgan fingerprint density at radius 1 is 1.10 bits per heavy atom. The first-order valence-electron chi connectivity index (χ1n) is 9.90. The highest BCUT2D eigenvalue weighted by atomic mass is 19.1. The number of hydrogen-bond acceptors (Lipinski definition) is 3. The Hall–Kier alpha value is -2.67. The van der Waals surface area contributed by atoms with Crippen LogP contribution in [-0.4, -0.2) is 31.3 Å². The SMILES string of the molecule is CC1CN(c2ccc(NC(=O)NC3(c4cccc(F)c4)CC3)cc2F)CC(C)O1. The molecule has 2 unspecified atom stereocenters. The Bertz CT molecular complexity index is 907. The van der Waals surface area contributed by atoms with Crippen molar-refractivity contribution < 1.29 is 18.3 Å². The Kier molecular flexibility index (Phi) is 5.17. The van der Waals surface area contributed by atoms with E-state index in [9.17, 15) is 13.6 Å². The van der Waals surface area contributed by atoms with E-state index < -0.39 is 17.4 Å². The van der Waals surface area contributed by atoms with Crippen LogP contribution in [0.2, 0.25) is 0 Å². The number of rotatable bonds is 4. The number of benzene rings is 2. The van der Waals surface area contributed by atoms with Gasteiger partial charge in [-0.2, -0.15) is 0 Å². The summed E-state index contributed by atoms with van der Waals surface area (Å²) >= 11 is 0. The molecule has 1 heterocycles. The van der Waals surface area contributed by atoms with Gasteiger partial charge in [-0.3, -0.25) is 0 Å². The number of carbonyl (C=O) groups is 1. The standard InChI is InChI=1S/C22H25F2N3O2/c1-14-12-27(13-15(2)29-14)20-7-6-18(11-19(20)24)25-21(28)26-22(8-9-22)16-4-3-5-17(23)10-16/h3-7,10-11,14-15H,8-9,12-13H2,1-2H3,(H2,25,26,28). The molecule has 29 heavy (non-hydrogen) atoms. The summed E-state index contributed by atoms with van der Waals surface area (Å²) in [6, 6.07) is 10.5. The third-order valence-electron chi connectivity index (χ3n) is 5.45. The maximum atomic E-state index is 14.7. The van der Waals surface area contributed by atoms with E-state index in [4.69, 9.17) is 4.74 Å². The zero-order chi connectivity index (χ0) is 20.6. The van der Waals surface area contributed by atoms with Crippen LogP contribution in [0, 0.1) is 11.6 Å². The van der Waals surface area contributed by atoms with E-state index in [0.29, 0.717) is 24.5 Å². The number of amides is 2. The summed E-state index contributed by atoms with van der Waals surface area (Å²) in [7, 11) is 0. The Balaban J connectivity index is 1.42. The van der Waals surface area contributed by atoms with Gasteiger partial charge in [0.1, 0.15) is 11.6 Å². The molecule has 1 saturated carbocycles. The molecule has 2 fully saturated rings. The number of urea groups is 1. The maximum Gasteiger partial charge on any atom is 0.319 e. The summed E-state index contributed by atoms with van der Waals surface area (Å²) < 4.78 is 33.9. The van der Waals surface area contributed by atoms with E-state index in [1.807, 2.05) is 18.7 Å². The van der Waals surface area contributed by atoms with Crippen molar-refractivity contribution in [2.75, 3.05) is 23.3 Å². The molecular weight excluding hydrogens is 376 g/mol. The summed E-state index contributed by atoms with van der Waals surface area (Å²) in [6.45, 7) is 5.16. The van der Waals surface area contributed by atoms with Gasteiger partial charge in [-0.1, -0.05) is 12.1 Å². The van der Waals surface area contributed by atoms with Crippen LogP contribution in [0.4, 0.5) is 25.0 Å². The van der Waals surface area contributed by atoms with Gasteiger partial charge >= 0.3 is 6.03 Å². The van der Waals surface area contributed by atoms with Gasteiger partial charge in [0.25, 0.3) is 0 Å². The first kappa shape index (κ1) is 19.6. The van der Waals surface area contributed by atoms with E-state index in [1.54, 1.807) is 24.3 Å². The van der Waals surface area contributed by atoms with E-state index in [2.05, 4.69) is 10.6 Å². The smallest absolute Gasteiger partial charge is 0.319 e. The second-order valence-electron chi connectivity index (χ2n) is 8.00. The number of hydrogen-bond donors (Lipinski definition) is 2. The average molecular weight is 401 g/mol.